The molecule has 1 aliphatic heterocycles. The van der Waals surface area contributed by atoms with Gasteiger partial charge in [-0.2, -0.15) is 5.10 Å². The van der Waals surface area contributed by atoms with Crippen LogP contribution >= 0.6 is 0 Å². The lowest BCUT2D eigenvalue weighted by Gasteiger charge is -2.38. The smallest absolute Gasteiger partial charge is 0.194 e. The van der Waals surface area contributed by atoms with Gasteiger partial charge in [0.1, 0.15) is 5.75 Å². The molecule has 0 aliphatic carbocycles. The number of para-hydroxylation sites is 2. The van der Waals surface area contributed by atoms with E-state index < -0.39 is 0 Å². The summed E-state index contributed by atoms with van der Waals surface area (Å²) in [6.45, 7) is 8.32. The molecule has 1 fully saturated rings. The third-order valence-corrected chi connectivity index (χ3v) is 5.70. The maximum absolute atomic E-state index is 5.52. The van der Waals surface area contributed by atoms with Gasteiger partial charge in [0, 0.05) is 51.7 Å². The van der Waals surface area contributed by atoms with Crippen molar-refractivity contribution in [2.45, 2.75) is 20.4 Å². The number of methoxy groups -OCH3 is 1. The second-order valence-electron chi connectivity index (χ2n) is 7.91. The van der Waals surface area contributed by atoms with E-state index >= 15 is 0 Å². The first kappa shape index (κ1) is 21.7. The Hall–Kier alpha value is -3.55. The number of rotatable bonds is 5. The number of benzene rings is 1. The molecule has 32 heavy (non-hydrogen) atoms. The van der Waals surface area contributed by atoms with Crippen molar-refractivity contribution in [1.29, 1.82) is 0 Å². The zero-order chi connectivity index (χ0) is 22.5. The van der Waals surface area contributed by atoms with E-state index in [0.29, 0.717) is 6.54 Å². The van der Waals surface area contributed by atoms with Gasteiger partial charge < -0.3 is 19.9 Å². The number of ether oxygens (including phenoxy) is 1. The number of nitrogens with zero attached hydrogens (tertiary/aromatic N) is 6. The summed E-state index contributed by atoms with van der Waals surface area (Å²) in [5, 5.41) is 7.98. The van der Waals surface area contributed by atoms with Gasteiger partial charge in [0.15, 0.2) is 11.8 Å². The van der Waals surface area contributed by atoms with Crippen molar-refractivity contribution in [3.63, 3.8) is 0 Å². The number of nitrogens with one attached hydrogen (secondary N) is 1. The third-order valence-electron chi connectivity index (χ3n) is 5.70. The van der Waals surface area contributed by atoms with E-state index in [2.05, 4.69) is 54.5 Å². The molecular weight excluding hydrogens is 402 g/mol. The number of aromatic nitrogens is 3. The fraction of sp³-hybridized carbons (Fsp3) is 0.375. The predicted octanol–water partition coefficient (Wildman–Crippen LogP) is 2.79. The molecule has 3 heterocycles. The van der Waals surface area contributed by atoms with Crippen molar-refractivity contribution in [3.05, 3.63) is 65.6 Å². The van der Waals surface area contributed by atoms with Gasteiger partial charge >= 0.3 is 0 Å². The Morgan fingerprint density at radius 3 is 2.50 bits per heavy atom. The van der Waals surface area contributed by atoms with Crippen LogP contribution in [-0.2, 0) is 6.54 Å². The van der Waals surface area contributed by atoms with Crippen molar-refractivity contribution in [2.75, 3.05) is 45.2 Å². The summed E-state index contributed by atoms with van der Waals surface area (Å²) in [5.41, 5.74) is 4.31. The highest BCUT2D eigenvalue weighted by Gasteiger charge is 2.21. The highest BCUT2D eigenvalue weighted by Crippen LogP contribution is 2.28. The van der Waals surface area contributed by atoms with E-state index in [9.17, 15) is 0 Å². The Morgan fingerprint density at radius 2 is 1.88 bits per heavy atom. The minimum atomic E-state index is 0.670. The Labute approximate surface area is 189 Å². The number of hydrogen-bond donors (Lipinski definition) is 1. The van der Waals surface area contributed by atoms with Crippen LogP contribution in [0.3, 0.4) is 0 Å². The van der Waals surface area contributed by atoms with Crippen LogP contribution in [0.5, 0.6) is 5.75 Å². The Balaban J connectivity index is 1.33. The fourth-order valence-corrected chi connectivity index (χ4v) is 4.07. The van der Waals surface area contributed by atoms with Gasteiger partial charge in [-0.1, -0.05) is 18.2 Å². The molecule has 0 amide bonds. The Kier molecular flexibility index (Phi) is 6.58. The molecule has 0 unspecified atom stereocenters. The maximum Gasteiger partial charge on any atom is 0.194 e. The molecule has 1 N–H and O–H groups in total. The van der Waals surface area contributed by atoms with E-state index in [4.69, 9.17) is 4.74 Å². The lowest BCUT2D eigenvalue weighted by atomic mass is 10.2. The molecule has 3 aromatic rings. The average Bonchev–Trinajstić information content (AvgIpc) is 3.18. The summed E-state index contributed by atoms with van der Waals surface area (Å²) < 4.78 is 7.39. The van der Waals surface area contributed by atoms with Gasteiger partial charge in [-0.05, 0) is 43.7 Å². The van der Waals surface area contributed by atoms with E-state index in [1.54, 1.807) is 7.11 Å². The number of pyridine rings is 1. The molecule has 8 heteroatoms. The van der Waals surface area contributed by atoms with Crippen molar-refractivity contribution in [2.24, 2.45) is 4.99 Å². The number of hydrogen-bond acceptors (Lipinski definition) is 5. The molecular formula is C24H31N7O. The van der Waals surface area contributed by atoms with Crippen LogP contribution in [0.4, 0.5) is 5.69 Å². The topological polar surface area (TPSA) is 70.8 Å². The first-order chi connectivity index (χ1) is 15.6. The number of aliphatic imine (C=N–C) groups is 1. The molecule has 0 spiro atoms. The molecule has 0 bridgehead atoms. The summed E-state index contributed by atoms with van der Waals surface area (Å²) in [6, 6.07) is 14.3. The minimum Gasteiger partial charge on any atom is -0.495 e. The predicted molar refractivity (Wildman–Crippen MR) is 128 cm³/mol. The molecule has 1 saturated heterocycles. The largest absolute Gasteiger partial charge is 0.495 e. The summed E-state index contributed by atoms with van der Waals surface area (Å²) in [5.74, 6) is 2.66. The second kappa shape index (κ2) is 9.72. The monoisotopic (exact) mass is 433 g/mol. The van der Waals surface area contributed by atoms with Crippen LogP contribution in [0.2, 0.25) is 0 Å². The highest BCUT2D eigenvalue weighted by molar-refractivity contribution is 5.80. The van der Waals surface area contributed by atoms with E-state index in [0.717, 1.165) is 66.3 Å². The number of guanidine groups is 1. The van der Waals surface area contributed by atoms with Crippen LogP contribution in [0.1, 0.15) is 17.0 Å². The summed E-state index contributed by atoms with van der Waals surface area (Å²) in [7, 11) is 3.55. The van der Waals surface area contributed by atoms with Crippen molar-refractivity contribution in [3.8, 4) is 11.6 Å². The van der Waals surface area contributed by atoms with Crippen LogP contribution < -0.4 is 15.0 Å². The fourth-order valence-electron chi connectivity index (χ4n) is 4.07. The molecule has 168 valence electrons. The number of piperazine rings is 1. The molecule has 8 nitrogen and oxygen atoms in total. The van der Waals surface area contributed by atoms with Gasteiger partial charge in [-0.15, -0.1) is 0 Å². The van der Waals surface area contributed by atoms with Gasteiger partial charge in [0.2, 0.25) is 0 Å². The summed E-state index contributed by atoms with van der Waals surface area (Å²) >= 11 is 0. The molecule has 4 rings (SSSR count). The van der Waals surface area contributed by atoms with Crippen molar-refractivity contribution < 1.29 is 4.74 Å². The molecule has 2 aromatic heterocycles. The van der Waals surface area contributed by atoms with Crippen LogP contribution in [-0.4, -0.2) is 66.0 Å². The molecule has 0 atom stereocenters. The first-order valence-corrected chi connectivity index (χ1v) is 10.9. The Morgan fingerprint density at radius 1 is 1.09 bits per heavy atom. The van der Waals surface area contributed by atoms with E-state index in [1.165, 1.54) is 0 Å². The average molecular weight is 434 g/mol. The van der Waals surface area contributed by atoms with Crippen molar-refractivity contribution in [1.82, 2.24) is 25.0 Å². The first-order valence-electron chi connectivity index (χ1n) is 10.9. The maximum atomic E-state index is 5.52. The van der Waals surface area contributed by atoms with Gasteiger partial charge in [0.25, 0.3) is 0 Å². The zero-order valence-electron chi connectivity index (χ0n) is 19.2. The quantitative estimate of drug-likeness (QED) is 0.493. The van der Waals surface area contributed by atoms with Crippen LogP contribution in [0.25, 0.3) is 5.82 Å². The lowest BCUT2D eigenvalue weighted by Crippen LogP contribution is -2.52. The molecule has 0 saturated carbocycles. The summed E-state index contributed by atoms with van der Waals surface area (Å²) in [4.78, 5) is 13.7. The lowest BCUT2D eigenvalue weighted by molar-refractivity contribution is 0.367. The third kappa shape index (κ3) is 4.69. The normalized spacial score (nSPS) is 14.6. The van der Waals surface area contributed by atoms with Gasteiger partial charge in [-0.25, -0.2) is 9.67 Å². The van der Waals surface area contributed by atoms with Crippen molar-refractivity contribution >= 4 is 11.6 Å². The minimum absolute atomic E-state index is 0.670. The van der Waals surface area contributed by atoms with Gasteiger partial charge in [0.05, 0.1) is 18.5 Å². The SMILES string of the molecule is CN=C(NCc1ccc(-n2nc(C)cc2C)nc1)N1CCN(c2ccccc2OC)CC1. The molecule has 0 radical (unpaired) electrons. The zero-order valence-corrected chi connectivity index (χ0v) is 19.2. The molecule has 1 aliphatic rings. The summed E-state index contributed by atoms with van der Waals surface area (Å²) in [6.07, 6.45) is 1.89. The molecule has 1 aromatic carbocycles. The van der Waals surface area contributed by atoms with Crippen LogP contribution in [0, 0.1) is 13.8 Å². The van der Waals surface area contributed by atoms with E-state index in [-0.39, 0.29) is 0 Å². The number of aryl methyl sites for hydroxylation is 2. The second-order valence-corrected chi connectivity index (χ2v) is 7.91. The van der Waals surface area contributed by atoms with Gasteiger partial charge in [-0.3, -0.25) is 4.99 Å². The highest BCUT2D eigenvalue weighted by atomic mass is 16.5. The Bertz CT molecular complexity index is 1070. The number of anilines is 1. The standard InChI is InChI=1S/C24H31N7O/c1-18-15-19(2)31(28-18)23-10-9-20(16-26-23)17-27-24(25-3)30-13-11-29(12-14-30)21-7-5-6-8-22(21)32-4/h5-10,15-16H,11-14,17H2,1-4H3,(H,25,27). The van der Waals surface area contributed by atoms with Crippen LogP contribution in [0.15, 0.2) is 53.7 Å². The van der Waals surface area contributed by atoms with E-state index in [1.807, 2.05) is 50.0 Å².